The largest absolute Gasteiger partial charge is 0.361 e. The highest BCUT2D eigenvalue weighted by atomic mass is 16.5. The van der Waals surface area contributed by atoms with Crippen molar-refractivity contribution in [1.82, 2.24) is 20.3 Å². The fraction of sp³-hybridized carbons (Fsp3) is 0.500. The van der Waals surface area contributed by atoms with E-state index in [-0.39, 0.29) is 5.91 Å². The van der Waals surface area contributed by atoms with E-state index in [2.05, 4.69) is 15.6 Å². The van der Waals surface area contributed by atoms with Crippen LogP contribution in [0, 0.1) is 12.8 Å². The Morgan fingerprint density at radius 1 is 1.55 bits per heavy atom. The number of rotatable bonds is 5. The van der Waals surface area contributed by atoms with Gasteiger partial charge in [0.05, 0.1) is 6.54 Å². The molecule has 20 heavy (non-hydrogen) atoms. The number of carbonyl (C=O) groups excluding carboxylic acids is 1. The molecule has 0 bridgehead atoms. The van der Waals surface area contributed by atoms with Crippen molar-refractivity contribution in [3.63, 3.8) is 0 Å². The Hall–Kier alpha value is -2.11. The molecule has 2 aromatic heterocycles. The monoisotopic (exact) mass is 274 g/mol. The van der Waals surface area contributed by atoms with Gasteiger partial charge < -0.3 is 9.84 Å². The quantitative estimate of drug-likeness (QED) is 0.904. The molecule has 1 saturated carbocycles. The molecule has 0 radical (unpaired) electrons. The molecule has 0 saturated heterocycles. The first-order valence-corrected chi connectivity index (χ1v) is 6.94. The first kappa shape index (κ1) is 12.9. The fourth-order valence-electron chi connectivity index (χ4n) is 2.35. The van der Waals surface area contributed by atoms with Gasteiger partial charge in [0, 0.05) is 18.8 Å². The zero-order valence-electron chi connectivity index (χ0n) is 11.5. The normalized spacial score (nSPS) is 15.1. The van der Waals surface area contributed by atoms with Crippen molar-refractivity contribution in [3.05, 3.63) is 35.5 Å². The molecule has 2 heterocycles. The van der Waals surface area contributed by atoms with E-state index < -0.39 is 0 Å². The van der Waals surface area contributed by atoms with Crippen LogP contribution in [-0.4, -0.2) is 20.8 Å². The summed E-state index contributed by atoms with van der Waals surface area (Å²) in [6.07, 6.45) is 5.44. The summed E-state index contributed by atoms with van der Waals surface area (Å²) in [7, 11) is 0. The van der Waals surface area contributed by atoms with Gasteiger partial charge in [0.2, 0.25) is 0 Å². The lowest BCUT2D eigenvalue weighted by molar-refractivity contribution is 0.0936. The van der Waals surface area contributed by atoms with Crippen LogP contribution >= 0.6 is 0 Å². The lowest BCUT2D eigenvalue weighted by atomic mass is 9.85. The average molecular weight is 274 g/mol. The highest BCUT2D eigenvalue weighted by Gasteiger charge is 2.21. The molecule has 0 aliphatic heterocycles. The predicted molar refractivity (Wildman–Crippen MR) is 72.0 cm³/mol. The molecule has 106 valence electrons. The number of aromatic nitrogens is 3. The van der Waals surface area contributed by atoms with E-state index in [0.717, 1.165) is 18.0 Å². The fourth-order valence-corrected chi connectivity index (χ4v) is 2.35. The molecular weight excluding hydrogens is 256 g/mol. The van der Waals surface area contributed by atoms with E-state index in [0.29, 0.717) is 18.2 Å². The first-order valence-electron chi connectivity index (χ1n) is 6.94. The first-order chi connectivity index (χ1) is 9.72. The second kappa shape index (κ2) is 5.48. The summed E-state index contributed by atoms with van der Waals surface area (Å²) >= 11 is 0. The third-order valence-corrected chi connectivity index (χ3v) is 3.71. The van der Waals surface area contributed by atoms with E-state index >= 15 is 0 Å². The molecule has 1 aliphatic carbocycles. The molecule has 1 N–H and O–H groups in total. The van der Waals surface area contributed by atoms with Gasteiger partial charge in [-0.2, -0.15) is 5.10 Å². The van der Waals surface area contributed by atoms with E-state index in [1.54, 1.807) is 16.9 Å². The number of amides is 1. The van der Waals surface area contributed by atoms with Crippen LogP contribution in [0.5, 0.6) is 0 Å². The molecule has 0 aromatic carbocycles. The molecule has 0 unspecified atom stereocenters. The van der Waals surface area contributed by atoms with E-state index in [9.17, 15) is 4.79 Å². The van der Waals surface area contributed by atoms with Crippen LogP contribution < -0.4 is 5.32 Å². The molecule has 0 atom stereocenters. The Balaban J connectivity index is 1.60. The summed E-state index contributed by atoms with van der Waals surface area (Å²) in [4.78, 5) is 12.2. The van der Waals surface area contributed by atoms with Gasteiger partial charge in [-0.1, -0.05) is 11.6 Å². The SMILES string of the molecule is Cc1cc(CNC(=O)c2ccnn2CC2CCC2)no1. The third kappa shape index (κ3) is 2.74. The molecule has 0 spiro atoms. The molecule has 3 rings (SSSR count). The van der Waals surface area contributed by atoms with Crippen LogP contribution in [0.4, 0.5) is 0 Å². The minimum Gasteiger partial charge on any atom is -0.361 e. The van der Waals surface area contributed by atoms with Crippen LogP contribution in [-0.2, 0) is 13.1 Å². The smallest absolute Gasteiger partial charge is 0.269 e. The molecule has 1 aliphatic rings. The van der Waals surface area contributed by atoms with Gasteiger partial charge in [-0.3, -0.25) is 9.48 Å². The molecule has 1 fully saturated rings. The summed E-state index contributed by atoms with van der Waals surface area (Å²) in [5, 5.41) is 10.9. The van der Waals surface area contributed by atoms with E-state index in [1.807, 2.05) is 13.0 Å². The highest BCUT2D eigenvalue weighted by Crippen LogP contribution is 2.27. The van der Waals surface area contributed by atoms with Crippen LogP contribution in [0.1, 0.15) is 41.2 Å². The highest BCUT2D eigenvalue weighted by molar-refractivity contribution is 5.92. The average Bonchev–Trinajstić information content (AvgIpc) is 3.00. The number of nitrogens with one attached hydrogen (secondary N) is 1. The number of carbonyl (C=O) groups is 1. The van der Waals surface area contributed by atoms with Crippen LogP contribution in [0.25, 0.3) is 0 Å². The zero-order valence-corrected chi connectivity index (χ0v) is 11.5. The Kier molecular flexibility index (Phi) is 3.54. The maximum Gasteiger partial charge on any atom is 0.269 e. The van der Waals surface area contributed by atoms with Gasteiger partial charge in [0.25, 0.3) is 5.91 Å². The Labute approximate surface area is 117 Å². The second-order valence-electron chi connectivity index (χ2n) is 5.31. The molecule has 1 amide bonds. The number of hydrogen-bond acceptors (Lipinski definition) is 4. The van der Waals surface area contributed by atoms with Gasteiger partial charge in [0.1, 0.15) is 17.1 Å². The number of hydrogen-bond donors (Lipinski definition) is 1. The number of nitrogens with zero attached hydrogens (tertiary/aromatic N) is 3. The van der Waals surface area contributed by atoms with Crippen molar-refractivity contribution in [3.8, 4) is 0 Å². The topological polar surface area (TPSA) is 73.0 Å². The summed E-state index contributed by atoms with van der Waals surface area (Å²) < 4.78 is 6.77. The van der Waals surface area contributed by atoms with Gasteiger partial charge >= 0.3 is 0 Å². The van der Waals surface area contributed by atoms with Gasteiger partial charge in [0.15, 0.2) is 0 Å². The van der Waals surface area contributed by atoms with Crippen molar-refractivity contribution in [1.29, 1.82) is 0 Å². The minimum atomic E-state index is -0.123. The molecule has 6 heteroatoms. The third-order valence-electron chi connectivity index (χ3n) is 3.71. The second-order valence-corrected chi connectivity index (χ2v) is 5.31. The molecular formula is C14H18N4O2. The minimum absolute atomic E-state index is 0.123. The zero-order chi connectivity index (χ0) is 13.9. The standard InChI is InChI=1S/C14H18N4O2/c1-10-7-12(17-20-10)8-15-14(19)13-5-6-16-18(13)9-11-3-2-4-11/h5-7,11H,2-4,8-9H2,1H3,(H,15,19). The Morgan fingerprint density at radius 3 is 3.05 bits per heavy atom. The van der Waals surface area contributed by atoms with Gasteiger partial charge in [-0.25, -0.2) is 0 Å². The van der Waals surface area contributed by atoms with Gasteiger partial charge in [-0.05, 0) is 31.7 Å². The maximum atomic E-state index is 12.2. The lowest BCUT2D eigenvalue weighted by Gasteiger charge is -2.25. The Bertz CT molecular complexity index is 598. The van der Waals surface area contributed by atoms with E-state index in [1.165, 1.54) is 19.3 Å². The van der Waals surface area contributed by atoms with Crippen LogP contribution in [0.2, 0.25) is 0 Å². The van der Waals surface area contributed by atoms with Crippen molar-refractivity contribution >= 4 is 5.91 Å². The van der Waals surface area contributed by atoms with Crippen LogP contribution in [0.3, 0.4) is 0 Å². The van der Waals surface area contributed by atoms with Crippen molar-refractivity contribution in [2.45, 2.75) is 39.3 Å². The molecule has 6 nitrogen and oxygen atoms in total. The summed E-state index contributed by atoms with van der Waals surface area (Å²) in [5.74, 6) is 1.28. The molecule has 2 aromatic rings. The van der Waals surface area contributed by atoms with E-state index in [4.69, 9.17) is 4.52 Å². The maximum absolute atomic E-state index is 12.2. The lowest BCUT2D eigenvalue weighted by Crippen LogP contribution is -2.28. The van der Waals surface area contributed by atoms with Gasteiger partial charge in [-0.15, -0.1) is 0 Å². The van der Waals surface area contributed by atoms with Crippen molar-refractivity contribution in [2.24, 2.45) is 5.92 Å². The number of aryl methyl sites for hydroxylation is 1. The Morgan fingerprint density at radius 2 is 2.40 bits per heavy atom. The van der Waals surface area contributed by atoms with Crippen LogP contribution in [0.15, 0.2) is 22.9 Å². The summed E-state index contributed by atoms with van der Waals surface area (Å²) in [6.45, 7) is 3.02. The van der Waals surface area contributed by atoms with Crippen molar-refractivity contribution in [2.75, 3.05) is 0 Å². The predicted octanol–water partition coefficient (Wildman–Crippen LogP) is 1.91. The summed E-state index contributed by atoms with van der Waals surface area (Å²) in [5.41, 5.74) is 1.33. The summed E-state index contributed by atoms with van der Waals surface area (Å²) in [6, 6.07) is 3.56. The van der Waals surface area contributed by atoms with Crippen molar-refractivity contribution < 1.29 is 9.32 Å².